The van der Waals surface area contributed by atoms with E-state index in [0.717, 1.165) is 75.8 Å². The molecule has 1 aliphatic carbocycles. The summed E-state index contributed by atoms with van der Waals surface area (Å²) in [5.41, 5.74) is 0.564. The second kappa shape index (κ2) is 9.27. The van der Waals surface area contributed by atoms with Crippen LogP contribution in [0.25, 0.3) is 0 Å². The van der Waals surface area contributed by atoms with Crippen LogP contribution < -0.4 is 0 Å². The fourth-order valence-electron chi connectivity index (χ4n) is 5.69. The van der Waals surface area contributed by atoms with Crippen molar-refractivity contribution in [3.05, 3.63) is 34.9 Å². The molecule has 1 aromatic rings. The Balaban J connectivity index is 1.39. The van der Waals surface area contributed by atoms with E-state index in [1.54, 1.807) is 0 Å². The zero-order valence-corrected chi connectivity index (χ0v) is 18.4. The smallest absolute Gasteiger partial charge is 0.248 e. The molecule has 0 aromatic heterocycles. The first-order chi connectivity index (χ1) is 14.5. The molecule has 1 atom stereocenters. The van der Waals surface area contributed by atoms with Gasteiger partial charge in [0.15, 0.2) is 0 Å². The zero-order valence-electron chi connectivity index (χ0n) is 17.7. The Kier molecular flexibility index (Phi) is 6.69. The van der Waals surface area contributed by atoms with Crippen LogP contribution in [0.2, 0.25) is 5.02 Å². The second-order valence-corrected chi connectivity index (χ2v) is 9.66. The van der Waals surface area contributed by atoms with Crippen molar-refractivity contribution in [3.63, 3.8) is 0 Å². The van der Waals surface area contributed by atoms with Crippen LogP contribution in [-0.4, -0.2) is 57.5 Å². The van der Waals surface area contributed by atoms with Gasteiger partial charge in [-0.3, -0.25) is 9.59 Å². The molecule has 5 nitrogen and oxygen atoms in total. The first-order valence-corrected chi connectivity index (χ1v) is 11.9. The molecule has 30 heavy (non-hydrogen) atoms. The summed E-state index contributed by atoms with van der Waals surface area (Å²) in [6.45, 7) is 1.49. The third-order valence-corrected chi connectivity index (χ3v) is 7.57. The molecule has 3 fully saturated rings. The lowest BCUT2D eigenvalue weighted by molar-refractivity contribution is -0.158. The Morgan fingerprint density at radius 1 is 1.07 bits per heavy atom. The fourth-order valence-corrected chi connectivity index (χ4v) is 5.82. The van der Waals surface area contributed by atoms with Crippen molar-refractivity contribution in [1.82, 2.24) is 9.80 Å². The van der Waals surface area contributed by atoms with Gasteiger partial charge in [0, 0.05) is 30.6 Å². The van der Waals surface area contributed by atoms with Crippen molar-refractivity contribution in [2.75, 3.05) is 13.1 Å². The average molecular weight is 433 g/mol. The fraction of sp³-hybridized carbons (Fsp3) is 0.667. The van der Waals surface area contributed by atoms with Gasteiger partial charge in [-0.05, 0) is 81.9 Å². The standard InChI is InChI=1S/C24H33ClN2O3/c25-19-8-6-18(7-9-19)4-1-5-22(29)27-17-3-15-24(27)14-2-16-26(23(24)30)20-10-12-21(28)13-11-20/h6-9,20-21,28H,1-5,10-17H2. The number of nitrogens with zero attached hydrogens (tertiary/aromatic N) is 2. The van der Waals surface area contributed by atoms with Crippen LogP contribution in [0.4, 0.5) is 0 Å². The van der Waals surface area contributed by atoms with E-state index in [2.05, 4.69) is 4.90 Å². The number of amides is 2. The summed E-state index contributed by atoms with van der Waals surface area (Å²) < 4.78 is 0. The van der Waals surface area contributed by atoms with Gasteiger partial charge in [-0.25, -0.2) is 0 Å². The van der Waals surface area contributed by atoms with Crippen LogP contribution in [0.3, 0.4) is 0 Å². The molecule has 6 heteroatoms. The Hall–Kier alpha value is -1.59. The molecule has 1 N–H and O–H groups in total. The summed E-state index contributed by atoms with van der Waals surface area (Å²) in [4.78, 5) is 30.7. The second-order valence-electron chi connectivity index (χ2n) is 9.22. The number of likely N-dealkylation sites (tertiary alicyclic amines) is 2. The molecular weight excluding hydrogens is 400 g/mol. The normalized spacial score (nSPS) is 29.6. The molecule has 2 amide bonds. The lowest BCUT2D eigenvalue weighted by atomic mass is 9.82. The Morgan fingerprint density at radius 2 is 1.73 bits per heavy atom. The average Bonchev–Trinajstić information content (AvgIpc) is 3.17. The molecule has 1 aromatic carbocycles. The summed E-state index contributed by atoms with van der Waals surface area (Å²) in [5.74, 6) is 0.287. The summed E-state index contributed by atoms with van der Waals surface area (Å²) in [6, 6.07) is 8.00. The van der Waals surface area contributed by atoms with Gasteiger partial charge >= 0.3 is 0 Å². The number of aliphatic hydroxyl groups is 1. The van der Waals surface area contributed by atoms with Crippen LogP contribution in [0.15, 0.2) is 24.3 Å². The van der Waals surface area contributed by atoms with E-state index >= 15 is 0 Å². The largest absolute Gasteiger partial charge is 0.393 e. The Morgan fingerprint density at radius 3 is 2.43 bits per heavy atom. The highest BCUT2D eigenvalue weighted by Crippen LogP contribution is 2.40. The number of benzene rings is 1. The maximum atomic E-state index is 13.6. The molecule has 4 rings (SSSR count). The first-order valence-electron chi connectivity index (χ1n) is 11.5. The van der Waals surface area contributed by atoms with E-state index < -0.39 is 5.54 Å². The van der Waals surface area contributed by atoms with E-state index in [-0.39, 0.29) is 24.0 Å². The van der Waals surface area contributed by atoms with E-state index in [9.17, 15) is 14.7 Å². The lowest BCUT2D eigenvalue weighted by Crippen LogP contribution is -2.63. The first kappa shape index (κ1) is 21.6. The van der Waals surface area contributed by atoms with Crippen LogP contribution in [0.1, 0.15) is 69.8 Å². The van der Waals surface area contributed by atoms with Crippen molar-refractivity contribution < 1.29 is 14.7 Å². The van der Waals surface area contributed by atoms with Gasteiger partial charge < -0.3 is 14.9 Å². The van der Waals surface area contributed by atoms with Gasteiger partial charge in [-0.2, -0.15) is 0 Å². The third-order valence-electron chi connectivity index (χ3n) is 7.31. The quantitative estimate of drug-likeness (QED) is 0.766. The number of aryl methyl sites for hydroxylation is 1. The topological polar surface area (TPSA) is 60.9 Å². The van der Waals surface area contributed by atoms with Crippen LogP contribution in [0, 0.1) is 0 Å². The summed E-state index contributed by atoms with van der Waals surface area (Å²) >= 11 is 5.94. The van der Waals surface area contributed by atoms with Crippen molar-refractivity contribution in [3.8, 4) is 0 Å². The predicted octanol–water partition coefficient (Wildman–Crippen LogP) is 3.95. The van der Waals surface area contributed by atoms with E-state index in [0.29, 0.717) is 13.0 Å². The molecule has 3 aliphatic rings. The monoisotopic (exact) mass is 432 g/mol. The van der Waals surface area contributed by atoms with Crippen LogP contribution >= 0.6 is 11.6 Å². The number of carbonyl (C=O) groups is 2. The number of aliphatic hydroxyl groups excluding tert-OH is 1. The van der Waals surface area contributed by atoms with Gasteiger partial charge in [0.1, 0.15) is 5.54 Å². The molecule has 1 unspecified atom stereocenters. The van der Waals surface area contributed by atoms with Gasteiger partial charge in [-0.1, -0.05) is 23.7 Å². The molecular formula is C24H33ClN2O3. The Bertz CT molecular complexity index is 760. The van der Waals surface area contributed by atoms with E-state index in [1.165, 1.54) is 5.56 Å². The van der Waals surface area contributed by atoms with E-state index in [1.807, 2.05) is 29.2 Å². The van der Waals surface area contributed by atoms with Crippen LogP contribution in [0.5, 0.6) is 0 Å². The molecule has 164 valence electrons. The van der Waals surface area contributed by atoms with Gasteiger partial charge in [-0.15, -0.1) is 0 Å². The molecule has 1 saturated carbocycles. The molecule has 2 aliphatic heterocycles. The molecule has 1 spiro atoms. The maximum absolute atomic E-state index is 13.6. The number of hydrogen-bond acceptors (Lipinski definition) is 3. The Labute approximate surface area is 184 Å². The highest BCUT2D eigenvalue weighted by molar-refractivity contribution is 6.30. The highest BCUT2D eigenvalue weighted by Gasteiger charge is 2.53. The van der Waals surface area contributed by atoms with Gasteiger partial charge in [0.2, 0.25) is 11.8 Å². The number of rotatable bonds is 5. The highest BCUT2D eigenvalue weighted by atomic mass is 35.5. The SMILES string of the molecule is O=C(CCCc1ccc(Cl)cc1)N1CCCC12CCCN(C1CCC(O)CC1)C2=O. The summed E-state index contributed by atoms with van der Waals surface area (Å²) in [6.07, 6.45) is 8.62. The van der Waals surface area contributed by atoms with Crippen molar-refractivity contribution in [2.24, 2.45) is 0 Å². The third kappa shape index (κ3) is 4.38. The number of piperidine rings is 1. The van der Waals surface area contributed by atoms with Crippen molar-refractivity contribution >= 4 is 23.4 Å². The molecule has 2 heterocycles. The van der Waals surface area contributed by atoms with E-state index in [4.69, 9.17) is 11.6 Å². The number of hydrogen-bond donors (Lipinski definition) is 1. The van der Waals surface area contributed by atoms with Crippen molar-refractivity contribution in [1.29, 1.82) is 0 Å². The molecule has 0 bridgehead atoms. The minimum Gasteiger partial charge on any atom is -0.393 e. The molecule has 2 saturated heterocycles. The predicted molar refractivity (Wildman–Crippen MR) is 117 cm³/mol. The number of carbonyl (C=O) groups excluding carboxylic acids is 2. The van der Waals surface area contributed by atoms with Gasteiger partial charge in [0.05, 0.1) is 6.10 Å². The minimum atomic E-state index is -0.619. The maximum Gasteiger partial charge on any atom is 0.248 e. The summed E-state index contributed by atoms with van der Waals surface area (Å²) in [5, 5.41) is 10.6. The lowest BCUT2D eigenvalue weighted by Gasteiger charge is -2.48. The van der Waals surface area contributed by atoms with Gasteiger partial charge in [0.25, 0.3) is 0 Å². The summed E-state index contributed by atoms with van der Waals surface area (Å²) in [7, 11) is 0. The van der Waals surface area contributed by atoms with Crippen molar-refractivity contribution in [2.45, 2.75) is 88.3 Å². The van der Waals surface area contributed by atoms with Crippen LogP contribution in [-0.2, 0) is 16.0 Å². The zero-order chi connectivity index (χ0) is 21.1. The minimum absolute atomic E-state index is 0.121. The number of halogens is 1. The molecule has 0 radical (unpaired) electrons.